The van der Waals surface area contributed by atoms with Crippen LogP contribution >= 0.6 is 0 Å². The van der Waals surface area contributed by atoms with Crippen LogP contribution in [-0.2, 0) is 0 Å². The zero-order valence-electron chi connectivity index (χ0n) is 11.5. The summed E-state index contributed by atoms with van der Waals surface area (Å²) in [6.45, 7) is 7.77. The third-order valence-corrected chi connectivity index (χ3v) is 5.59. The highest BCUT2D eigenvalue weighted by atomic mass is 16.3. The van der Waals surface area contributed by atoms with Crippen molar-refractivity contribution in [1.82, 2.24) is 0 Å². The van der Waals surface area contributed by atoms with Gasteiger partial charge in [-0.3, -0.25) is 0 Å². The van der Waals surface area contributed by atoms with Crippen LogP contribution in [0.25, 0.3) is 0 Å². The molecule has 0 aromatic rings. The van der Waals surface area contributed by atoms with E-state index in [2.05, 4.69) is 13.5 Å². The average molecular weight is 254 g/mol. The minimum absolute atomic E-state index is 0.0541. The van der Waals surface area contributed by atoms with E-state index in [0.29, 0.717) is 12.3 Å². The van der Waals surface area contributed by atoms with Crippen LogP contribution < -0.4 is 0 Å². The Morgan fingerprint density at radius 1 is 1.44 bits per heavy atom. The zero-order chi connectivity index (χ0) is 13.6. The van der Waals surface area contributed by atoms with Crippen LogP contribution in [0.1, 0.15) is 46.0 Å². The molecule has 0 aromatic carbocycles. The molecule has 5 atom stereocenters. The maximum absolute atomic E-state index is 10.3. The molecule has 3 heteroatoms. The number of aliphatic hydroxyl groups excluding tert-OH is 2. The van der Waals surface area contributed by atoms with Crippen molar-refractivity contribution in [3.63, 3.8) is 0 Å². The summed E-state index contributed by atoms with van der Waals surface area (Å²) in [5.74, 6) is 0.434. The van der Waals surface area contributed by atoms with Crippen molar-refractivity contribution in [2.24, 2.45) is 17.3 Å². The topological polar surface area (TPSA) is 60.7 Å². The fourth-order valence-electron chi connectivity index (χ4n) is 3.86. The van der Waals surface area contributed by atoms with Crippen LogP contribution in [0.15, 0.2) is 12.2 Å². The number of aliphatic hydroxyl groups is 3. The minimum atomic E-state index is -1.04. The summed E-state index contributed by atoms with van der Waals surface area (Å²) in [6.07, 6.45) is 4.27. The molecule has 0 saturated heterocycles. The summed E-state index contributed by atoms with van der Waals surface area (Å²) in [5.41, 5.74) is -0.183. The predicted octanol–water partition coefficient (Wildman–Crippen LogP) is 1.86. The highest BCUT2D eigenvalue weighted by Gasteiger charge is 2.51. The van der Waals surface area contributed by atoms with Gasteiger partial charge in [-0.1, -0.05) is 25.5 Å². The summed E-state index contributed by atoms with van der Waals surface area (Å²) >= 11 is 0. The van der Waals surface area contributed by atoms with Gasteiger partial charge in [0.15, 0.2) is 0 Å². The molecule has 2 aliphatic rings. The first-order valence-corrected chi connectivity index (χ1v) is 7.02. The lowest BCUT2D eigenvalue weighted by Gasteiger charge is -2.53. The van der Waals surface area contributed by atoms with E-state index in [4.69, 9.17) is 0 Å². The molecule has 0 radical (unpaired) electrons. The van der Waals surface area contributed by atoms with Gasteiger partial charge in [-0.2, -0.15) is 0 Å². The van der Waals surface area contributed by atoms with Gasteiger partial charge >= 0.3 is 0 Å². The van der Waals surface area contributed by atoms with Crippen LogP contribution in [0, 0.1) is 17.3 Å². The summed E-state index contributed by atoms with van der Waals surface area (Å²) in [5, 5.41) is 29.9. The molecule has 2 aliphatic carbocycles. The van der Waals surface area contributed by atoms with Gasteiger partial charge in [-0.05, 0) is 44.4 Å². The van der Waals surface area contributed by atoms with E-state index in [1.807, 2.05) is 0 Å². The quantitative estimate of drug-likeness (QED) is 0.659. The van der Waals surface area contributed by atoms with Gasteiger partial charge in [-0.25, -0.2) is 0 Å². The van der Waals surface area contributed by atoms with Crippen molar-refractivity contribution in [2.75, 3.05) is 6.61 Å². The SMILES string of the molecule is C=C1C[C@H]([C@@](C)(O)CO)C[C@H]2CCC[C@@H](O)[C@@]12C. The molecule has 3 nitrogen and oxygen atoms in total. The maximum Gasteiger partial charge on any atom is 0.0880 e. The first-order valence-electron chi connectivity index (χ1n) is 7.02. The Kier molecular flexibility index (Phi) is 3.60. The lowest BCUT2D eigenvalue weighted by molar-refractivity contribution is -0.0972. The second-order valence-electron chi connectivity index (χ2n) is 6.68. The highest BCUT2D eigenvalue weighted by molar-refractivity contribution is 5.20. The summed E-state index contributed by atoms with van der Waals surface area (Å²) in [6, 6.07) is 0. The number of fused-ring (bicyclic) bond motifs is 1. The smallest absolute Gasteiger partial charge is 0.0880 e. The Labute approximate surface area is 110 Å². The van der Waals surface area contributed by atoms with Gasteiger partial charge in [0.2, 0.25) is 0 Å². The molecule has 0 unspecified atom stereocenters. The van der Waals surface area contributed by atoms with Gasteiger partial charge < -0.3 is 15.3 Å². The van der Waals surface area contributed by atoms with Crippen molar-refractivity contribution in [3.05, 3.63) is 12.2 Å². The van der Waals surface area contributed by atoms with Gasteiger partial charge in [0.25, 0.3) is 0 Å². The van der Waals surface area contributed by atoms with E-state index in [1.165, 1.54) is 0 Å². The van der Waals surface area contributed by atoms with Gasteiger partial charge in [0.1, 0.15) is 0 Å². The maximum atomic E-state index is 10.3. The Morgan fingerprint density at radius 2 is 2.11 bits per heavy atom. The first kappa shape index (κ1) is 14.0. The van der Waals surface area contributed by atoms with Crippen LogP contribution in [0.4, 0.5) is 0 Å². The number of hydrogen-bond acceptors (Lipinski definition) is 3. The summed E-state index contributed by atoms with van der Waals surface area (Å²) in [7, 11) is 0. The summed E-state index contributed by atoms with van der Waals surface area (Å²) in [4.78, 5) is 0. The third kappa shape index (κ3) is 2.02. The minimum Gasteiger partial charge on any atom is -0.393 e. The van der Waals surface area contributed by atoms with E-state index in [9.17, 15) is 15.3 Å². The molecular weight excluding hydrogens is 228 g/mol. The standard InChI is InChI=1S/C15H26O3/c1-10-7-12(14(2,18)9-16)8-11-5-4-6-13(17)15(10,11)3/h11-13,16-18H,1,4-9H2,2-3H3/t11-,12+,13-,14+,15+/m1/s1. The largest absolute Gasteiger partial charge is 0.393 e. The number of rotatable bonds is 2. The normalized spacial score (nSPS) is 44.3. The Hall–Kier alpha value is -0.380. The first-order chi connectivity index (χ1) is 8.32. The van der Waals surface area contributed by atoms with Crippen molar-refractivity contribution < 1.29 is 15.3 Å². The molecule has 0 bridgehead atoms. The van der Waals surface area contributed by atoms with E-state index < -0.39 is 5.60 Å². The lowest BCUT2D eigenvalue weighted by Crippen LogP contribution is -2.52. The van der Waals surface area contributed by atoms with Crippen LogP contribution in [-0.4, -0.2) is 33.6 Å². The Balaban J connectivity index is 2.23. The number of hydrogen-bond donors (Lipinski definition) is 3. The Bertz CT molecular complexity index is 337. The van der Waals surface area contributed by atoms with E-state index >= 15 is 0 Å². The predicted molar refractivity (Wildman–Crippen MR) is 71.0 cm³/mol. The highest BCUT2D eigenvalue weighted by Crippen LogP contribution is 2.55. The van der Waals surface area contributed by atoms with E-state index in [-0.39, 0.29) is 24.0 Å². The van der Waals surface area contributed by atoms with Crippen LogP contribution in [0.2, 0.25) is 0 Å². The van der Waals surface area contributed by atoms with Crippen molar-refractivity contribution in [3.8, 4) is 0 Å². The molecule has 18 heavy (non-hydrogen) atoms. The van der Waals surface area contributed by atoms with Gasteiger partial charge in [0, 0.05) is 5.41 Å². The average Bonchev–Trinajstić information content (AvgIpc) is 2.32. The second-order valence-corrected chi connectivity index (χ2v) is 6.68. The molecule has 0 aliphatic heterocycles. The molecule has 0 spiro atoms. The van der Waals surface area contributed by atoms with Crippen LogP contribution in [0.5, 0.6) is 0 Å². The van der Waals surface area contributed by atoms with Crippen molar-refractivity contribution >= 4 is 0 Å². The second kappa shape index (κ2) is 4.62. The third-order valence-electron chi connectivity index (χ3n) is 5.59. The molecule has 0 aromatic heterocycles. The zero-order valence-corrected chi connectivity index (χ0v) is 11.5. The summed E-state index contributed by atoms with van der Waals surface area (Å²) < 4.78 is 0. The molecular formula is C15H26O3. The van der Waals surface area contributed by atoms with Gasteiger partial charge in [-0.15, -0.1) is 0 Å². The molecule has 2 saturated carbocycles. The molecule has 2 rings (SSSR count). The molecule has 0 amide bonds. The van der Waals surface area contributed by atoms with Gasteiger partial charge in [0.05, 0.1) is 18.3 Å². The van der Waals surface area contributed by atoms with Crippen molar-refractivity contribution in [1.29, 1.82) is 0 Å². The Morgan fingerprint density at radius 3 is 2.72 bits per heavy atom. The molecule has 0 heterocycles. The molecule has 104 valence electrons. The van der Waals surface area contributed by atoms with Crippen LogP contribution in [0.3, 0.4) is 0 Å². The molecule has 2 fully saturated rings. The fraction of sp³-hybridized carbons (Fsp3) is 0.867. The molecule has 3 N–H and O–H groups in total. The van der Waals surface area contributed by atoms with Crippen molar-refractivity contribution in [2.45, 2.75) is 57.7 Å². The van der Waals surface area contributed by atoms with E-state index in [1.54, 1.807) is 6.92 Å². The lowest BCUT2D eigenvalue weighted by atomic mass is 9.53. The monoisotopic (exact) mass is 254 g/mol. The van der Waals surface area contributed by atoms with E-state index in [0.717, 1.165) is 31.3 Å². The fourth-order valence-corrected chi connectivity index (χ4v) is 3.86.